The number of nitrogen functional groups attached to an aromatic ring is 1. The van der Waals surface area contributed by atoms with Gasteiger partial charge in [0.25, 0.3) is 0 Å². The fourth-order valence-corrected chi connectivity index (χ4v) is 1.65. The van der Waals surface area contributed by atoms with E-state index in [1.54, 1.807) is 6.20 Å². The number of anilines is 2. The Bertz CT molecular complexity index is 295. The minimum absolute atomic E-state index is 0.772. The van der Waals surface area contributed by atoms with Crippen LogP contribution in [0.2, 0.25) is 0 Å². The summed E-state index contributed by atoms with van der Waals surface area (Å²) in [7, 11) is 0. The highest BCUT2D eigenvalue weighted by atomic mass is 16.5. The summed E-state index contributed by atoms with van der Waals surface area (Å²) in [5, 5.41) is 0. The van der Waals surface area contributed by atoms with E-state index in [0.717, 1.165) is 44.1 Å². The Kier molecular flexibility index (Phi) is 2.84. The molecular formula is C10H15N3O. The minimum atomic E-state index is 0.772. The molecule has 0 atom stereocenters. The fraction of sp³-hybridized carbons (Fsp3) is 0.500. The highest BCUT2D eigenvalue weighted by molar-refractivity contribution is 5.65. The highest BCUT2D eigenvalue weighted by Gasteiger charge is 2.11. The van der Waals surface area contributed by atoms with Gasteiger partial charge in [0.05, 0.1) is 24.2 Å². The van der Waals surface area contributed by atoms with Gasteiger partial charge in [0, 0.05) is 25.9 Å². The van der Waals surface area contributed by atoms with Crippen LogP contribution >= 0.6 is 0 Å². The normalized spacial score (nSPS) is 17.9. The quantitative estimate of drug-likeness (QED) is 0.719. The minimum Gasteiger partial charge on any atom is -0.397 e. The molecule has 4 heteroatoms. The predicted octanol–water partition coefficient (Wildman–Crippen LogP) is 0.890. The van der Waals surface area contributed by atoms with Crippen LogP contribution in [-0.2, 0) is 4.74 Å². The molecule has 1 saturated heterocycles. The predicted molar refractivity (Wildman–Crippen MR) is 56.3 cm³/mol. The molecule has 0 aliphatic carbocycles. The van der Waals surface area contributed by atoms with E-state index >= 15 is 0 Å². The second-order valence-electron chi connectivity index (χ2n) is 3.39. The van der Waals surface area contributed by atoms with E-state index in [9.17, 15) is 0 Å². The number of pyridine rings is 1. The number of nitrogens with zero attached hydrogens (tertiary/aromatic N) is 2. The average molecular weight is 193 g/mol. The van der Waals surface area contributed by atoms with Gasteiger partial charge >= 0.3 is 0 Å². The molecule has 1 aromatic heterocycles. The molecule has 14 heavy (non-hydrogen) atoms. The lowest BCUT2D eigenvalue weighted by Crippen LogP contribution is -2.26. The lowest BCUT2D eigenvalue weighted by Gasteiger charge is -2.22. The average Bonchev–Trinajstić information content (AvgIpc) is 2.47. The molecule has 0 bridgehead atoms. The summed E-state index contributed by atoms with van der Waals surface area (Å²) in [6.07, 6.45) is 4.59. The van der Waals surface area contributed by atoms with Crippen LogP contribution in [0, 0.1) is 0 Å². The first kappa shape index (κ1) is 9.27. The first-order valence-electron chi connectivity index (χ1n) is 4.90. The van der Waals surface area contributed by atoms with Crippen LogP contribution in [0.4, 0.5) is 11.4 Å². The van der Waals surface area contributed by atoms with Crippen LogP contribution < -0.4 is 10.6 Å². The molecule has 0 saturated carbocycles. The summed E-state index contributed by atoms with van der Waals surface area (Å²) < 4.78 is 5.38. The third-order valence-corrected chi connectivity index (χ3v) is 2.40. The van der Waals surface area contributed by atoms with Crippen molar-refractivity contribution < 1.29 is 4.74 Å². The van der Waals surface area contributed by atoms with Crippen LogP contribution in [0.3, 0.4) is 0 Å². The summed E-state index contributed by atoms with van der Waals surface area (Å²) in [6, 6.07) is 1.83. The second-order valence-corrected chi connectivity index (χ2v) is 3.39. The van der Waals surface area contributed by atoms with Crippen molar-refractivity contribution >= 4 is 11.4 Å². The van der Waals surface area contributed by atoms with Crippen molar-refractivity contribution in [2.24, 2.45) is 0 Å². The van der Waals surface area contributed by atoms with Crippen molar-refractivity contribution in [1.82, 2.24) is 4.98 Å². The lowest BCUT2D eigenvalue weighted by molar-refractivity contribution is 0.152. The Morgan fingerprint density at radius 1 is 1.36 bits per heavy atom. The van der Waals surface area contributed by atoms with Crippen LogP contribution in [-0.4, -0.2) is 31.3 Å². The third kappa shape index (κ3) is 1.96. The first-order chi connectivity index (χ1) is 6.88. The van der Waals surface area contributed by atoms with Crippen LogP contribution in [0.1, 0.15) is 6.42 Å². The molecule has 2 N–H and O–H groups in total. The molecule has 0 spiro atoms. The Balaban J connectivity index is 2.16. The van der Waals surface area contributed by atoms with E-state index in [2.05, 4.69) is 9.88 Å². The van der Waals surface area contributed by atoms with E-state index in [1.807, 2.05) is 12.3 Å². The molecule has 2 rings (SSSR count). The summed E-state index contributed by atoms with van der Waals surface area (Å²) >= 11 is 0. The Morgan fingerprint density at radius 3 is 3.14 bits per heavy atom. The van der Waals surface area contributed by atoms with Gasteiger partial charge in [-0.15, -0.1) is 0 Å². The molecule has 76 valence electrons. The molecule has 2 heterocycles. The summed E-state index contributed by atoms with van der Waals surface area (Å²) in [5.41, 5.74) is 7.70. The van der Waals surface area contributed by atoms with Gasteiger partial charge in [0.15, 0.2) is 0 Å². The molecule has 1 aliphatic rings. The molecule has 0 amide bonds. The lowest BCUT2D eigenvalue weighted by atomic mass is 10.3. The zero-order valence-electron chi connectivity index (χ0n) is 8.15. The summed E-state index contributed by atoms with van der Waals surface area (Å²) in [5.74, 6) is 0. The van der Waals surface area contributed by atoms with E-state index in [0.29, 0.717) is 0 Å². The standard InChI is InChI=1S/C10H15N3O/c11-9-2-3-12-8-10(9)13-4-1-6-14-7-5-13/h2-3,8H,1,4-7H2,(H2,11,12). The SMILES string of the molecule is Nc1ccncc1N1CCCOCC1. The molecule has 1 aliphatic heterocycles. The first-order valence-corrected chi connectivity index (χ1v) is 4.90. The van der Waals surface area contributed by atoms with Gasteiger partial charge in [-0.3, -0.25) is 4.98 Å². The van der Waals surface area contributed by atoms with Crippen molar-refractivity contribution in [2.45, 2.75) is 6.42 Å². The van der Waals surface area contributed by atoms with Crippen LogP contribution in [0.5, 0.6) is 0 Å². The van der Waals surface area contributed by atoms with Crippen molar-refractivity contribution in [3.8, 4) is 0 Å². The van der Waals surface area contributed by atoms with Gasteiger partial charge in [0.1, 0.15) is 0 Å². The van der Waals surface area contributed by atoms with Crippen molar-refractivity contribution in [3.63, 3.8) is 0 Å². The maximum Gasteiger partial charge on any atom is 0.0787 e. The molecular weight excluding hydrogens is 178 g/mol. The number of nitrogens with two attached hydrogens (primary N) is 1. The van der Waals surface area contributed by atoms with E-state index in [1.165, 1.54) is 0 Å². The van der Waals surface area contributed by atoms with Gasteiger partial charge < -0.3 is 15.4 Å². The number of rotatable bonds is 1. The smallest absolute Gasteiger partial charge is 0.0787 e. The van der Waals surface area contributed by atoms with E-state index in [-0.39, 0.29) is 0 Å². The maximum atomic E-state index is 5.88. The summed E-state index contributed by atoms with van der Waals surface area (Å²) in [6.45, 7) is 3.51. The number of hydrogen-bond acceptors (Lipinski definition) is 4. The zero-order chi connectivity index (χ0) is 9.80. The monoisotopic (exact) mass is 193 g/mol. The van der Waals surface area contributed by atoms with Gasteiger partial charge in [-0.2, -0.15) is 0 Å². The Morgan fingerprint density at radius 2 is 2.29 bits per heavy atom. The molecule has 1 aromatic rings. The highest BCUT2D eigenvalue weighted by Crippen LogP contribution is 2.21. The Labute approximate surface area is 83.7 Å². The molecule has 1 fully saturated rings. The number of ether oxygens (including phenoxy) is 1. The largest absolute Gasteiger partial charge is 0.397 e. The van der Waals surface area contributed by atoms with Crippen LogP contribution in [0.15, 0.2) is 18.5 Å². The zero-order valence-corrected chi connectivity index (χ0v) is 8.15. The van der Waals surface area contributed by atoms with Gasteiger partial charge in [0.2, 0.25) is 0 Å². The van der Waals surface area contributed by atoms with E-state index in [4.69, 9.17) is 10.5 Å². The van der Waals surface area contributed by atoms with Crippen molar-refractivity contribution in [2.75, 3.05) is 36.9 Å². The maximum absolute atomic E-state index is 5.88. The van der Waals surface area contributed by atoms with Crippen molar-refractivity contribution in [1.29, 1.82) is 0 Å². The summed E-state index contributed by atoms with van der Waals surface area (Å²) in [4.78, 5) is 6.32. The third-order valence-electron chi connectivity index (χ3n) is 2.40. The second kappa shape index (κ2) is 4.28. The van der Waals surface area contributed by atoms with Gasteiger partial charge in [-0.25, -0.2) is 0 Å². The molecule has 4 nitrogen and oxygen atoms in total. The molecule has 0 aromatic carbocycles. The van der Waals surface area contributed by atoms with Gasteiger partial charge in [-0.05, 0) is 12.5 Å². The van der Waals surface area contributed by atoms with E-state index < -0.39 is 0 Å². The fourth-order valence-electron chi connectivity index (χ4n) is 1.65. The Hall–Kier alpha value is -1.29. The molecule has 0 unspecified atom stereocenters. The van der Waals surface area contributed by atoms with Crippen LogP contribution in [0.25, 0.3) is 0 Å². The molecule has 0 radical (unpaired) electrons. The van der Waals surface area contributed by atoms with Crippen molar-refractivity contribution in [3.05, 3.63) is 18.5 Å². The number of hydrogen-bond donors (Lipinski definition) is 1. The number of aromatic nitrogens is 1. The van der Waals surface area contributed by atoms with Gasteiger partial charge in [-0.1, -0.05) is 0 Å². The topological polar surface area (TPSA) is 51.4 Å².